The third-order valence-electron chi connectivity index (χ3n) is 2.76. The molecule has 1 aliphatic rings. The van der Waals surface area contributed by atoms with Gasteiger partial charge in [-0.25, -0.2) is 17.9 Å². The van der Waals surface area contributed by atoms with Gasteiger partial charge in [-0.05, 0) is 43.0 Å². The Morgan fingerprint density at radius 3 is 2.47 bits per heavy atom. The van der Waals surface area contributed by atoms with E-state index in [9.17, 15) is 13.2 Å². The molecule has 2 rings (SSSR count). The van der Waals surface area contributed by atoms with Crippen molar-refractivity contribution in [3.63, 3.8) is 0 Å². The molecule has 6 nitrogen and oxygen atoms in total. The maximum Gasteiger partial charge on any atom is 0.341 e. The lowest BCUT2D eigenvalue weighted by Gasteiger charge is -2.07. The second-order valence-corrected chi connectivity index (χ2v) is 6.22. The highest BCUT2D eigenvalue weighted by Crippen LogP contribution is 2.28. The number of nitrogens with one attached hydrogen (secondary N) is 1. The molecule has 19 heavy (non-hydrogen) atoms. The Labute approximate surface area is 111 Å². The monoisotopic (exact) mass is 285 g/mol. The predicted octanol–water partition coefficient (Wildman–Crippen LogP) is 0.838. The Morgan fingerprint density at radius 2 is 1.95 bits per heavy atom. The number of aliphatic carboxylic acids is 1. The lowest BCUT2D eigenvalue weighted by atomic mass is 10.3. The number of carboxylic acid groups (broad SMARTS) is 1. The molecule has 0 saturated heterocycles. The van der Waals surface area contributed by atoms with Gasteiger partial charge in [0.05, 0.1) is 4.90 Å². The van der Waals surface area contributed by atoms with E-state index in [1.54, 1.807) is 0 Å². The lowest BCUT2D eigenvalue weighted by Crippen LogP contribution is -2.25. The topological polar surface area (TPSA) is 92.7 Å². The Balaban J connectivity index is 1.97. The van der Waals surface area contributed by atoms with Crippen molar-refractivity contribution < 1.29 is 23.1 Å². The summed E-state index contributed by atoms with van der Waals surface area (Å²) in [5, 5.41) is 8.46. The van der Waals surface area contributed by atoms with Crippen LogP contribution in [0.3, 0.4) is 0 Å². The first-order valence-electron chi connectivity index (χ1n) is 5.92. The average molecular weight is 285 g/mol. The average Bonchev–Trinajstić information content (AvgIpc) is 3.18. The van der Waals surface area contributed by atoms with Crippen molar-refractivity contribution in [1.82, 2.24) is 4.72 Å². The highest BCUT2D eigenvalue weighted by Gasteiger charge is 2.24. The lowest BCUT2D eigenvalue weighted by molar-refractivity contribution is -0.139. The van der Waals surface area contributed by atoms with Gasteiger partial charge < -0.3 is 9.84 Å². The second-order valence-electron chi connectivity index (χ2n) is 4.45. The molecule has 2 N–H and O–H groups in total. The Morgan fingerprint density at radius 1 is 1.32 bits per heavy atom. The van der Waals surface area contributed by atoms with Crippen molar-refractivity contribution in [2.24, 2.45) is 5.92 Å². The SMILES string of the molecule is O=C(O)COc1ccc(S(=O)(=O)NCC2CC2)cc1. The number of carbonyl (C=O) groups is 1. The van der Waals surface area contributed by atoms with Gasteiger partial charge in [0.2, 0.25) is 10.0 Å². The molecule has 7 heteroatoms. The van der Waals surface area contributed by atoms with Gasteiger partial charge in [0.25, 0.3) is 0 Å². The van der Waals surface area contributed by atoms with Gasteiger partial charge >= 0.3 is 5.97 Å². The molecule has 0 unspecified atom stereocenters. The summed E-state index contributed by atoms with van der Waals surface area (Å²) >= 11 is 0. The van der Waals surface area contributed by atoms with Crippen LogP contribution in [0, 0.1) is 5.92 Å². The Kier molecular flexibility index (Phi) is 4.06. The summed E-state index contributed by atoms with van der Waals surface area (Å²) < 4.78 is 31.3. The van der Waals surface area contributed by atoms with Crippen LogP contribution >= 0.6 is 0 Å². The minimum atomic E-state index is -3.49. The van der Waals surface area contributed by atoms with E-state index in [4.69, 9.17) is 9.84 Å². The van der Waals surface area contributed by atoms with Crippen LogP contribution in [0.15, 0.2) is 29.2 Å². The normalized spacial score (nSPS) is 15.2. The highest BCUT2D eigenvalue weighted by molar-refractivity contribution is 7.89. The zero-order valence-corrected chi connectivity index (χ0v) is 11.0. The number of hydrogen-bond donors (Lipinski definition) is 2. The number of ether oxygens (including phenoxy) is 1. The van der Waals surface area contributed by atoms with Crippen LogP contribution in [0.1, 0.15) is 12.8 Å². The van der Waals surface area contributed by atoms with Crippen LogP contribution in [-0.2, 0) is 14.8 Å². The number of sulfonamides is 1. The van der Waals surface area contributed by atoms with Crippen molar-refractivity contribution in [2.45, 2.75) is 17.7 Å². The maximum absolute atomic E-state index is 11.9. The van der Waals surface area contributed by atoms with Crippen LogP contribution in [0.2, 0.25) is 0 Å². The smallest absolute Gasteiger partial charge is 0.341 e. The molecule has 1 aromatic carbocycles. The van der Waals surface area contributed by atoms with Gasteiger partial charge in [0.1, 0.15) is 5.75 Å². The summed E-state index contributed by atoms with van der Waals surface area (Å²) in [7, 11) is -3.49. The molecule has 0 heterocycles. The van der Waals surface area contributed by atoms with E-state index in [1.165, 1.54) is 24.3 Å². The second kappa shape index (κ2) is 5.58. The fraction of sp³-hybridized carbons (Fsp3) is 0.417. The van der Waals surface area contributed by atoms with Crippen LogP contribution in [0.5, 0.6) is 5.75 Å². The van der Waals surface area contributed by atoms with Crippen molar-refractivity contribution in [1.29, 1.82) is 0 Å². The van der Waals surface area contributed by atoms with E-state index in [2.05, 4.69) is 4.72 Å². The summed E-state index contributed by atoms with van der Waals surface area (Å²) in [4.78, 5) is 10.5. The van der Waals surface area contributed by atoms with Gasteiger partial charge in [0, 0.05) is 6.54 Å². The molecule has 104 valence electrons. The van der Waals surface area contributed by atoms with Crippen molar-refractivity contribution >= 4 is 16.0 Å². The third-order valence-corrected chi connectivity index (χ3v) is 4.19. The highest BCUT2D eigenvalue weighted by atomic mass is 32.2. The zero-order chi connectivity index (χ0) is 13.9. The first-order valence-corrected chi connectivity index (χ1v) is 7.40. The minimum Gasteiger partial charge on any atom is -0.482 e. The molecule has 0 bridgehead atoms. The fourth-order valence-corrected chi connectivity index (χ4v) is 2.61. The van der Waals surface area contributed by atoms with E-state index in [-0.39, 0.29) is 4.90 Å². The molecule has 0 aliphatic heterocycles. The quantitative estimate of drug-likeness (QED) is 0.774. The molecule has 0 atom stereocenters. The van der Waals surface area contributed by atoms with Crippen molar-refractivity contribution in [3.8, 4) is 5.75 Å². The molecule has 0 radical (unpaired) electrons. The zero-order valence-electron chi connectivity index (χ0n) is 10.2. The fourth-order valence-electron chi connectivity index (χ4n) is 1.49. The van der Waals surface area contributed by atoms with Crippen molar-refractivity contribution in [3.05, 3.63) is 24.3 Å². The van der Waals surface area contributed by atoms with E-state index >= 15 is 0 Å². The summed E-state index contributed by atoms with van der Waals surface area (Å²) in [5.41, 5.74) is 0. The summed E-state index contributed by atoms with van der Waals surface area (Å²) in [6.45, 7) is 0.0195. The number of rotatable bonds is 7. The summed E-state index contributed by atoms with van der Waals surface area (Å²) in [6.07, 6.45) is 2.15. The first-order chi connectivity index (χ1) is 8.97. The third kappa shape index (κ3) is 4.22. The van der Waals surface area contributed by atoms with Gasteiger partial charge in [-0.2, -0.15) is 0 Å². The molecular formula is C12H15NO5S. The minimum absolute atomic E-state index is 0.149. The van der Waals surface area contributed by atoms with Crippen molar-refractivity contribution in [2.75, 3.05) is 13.2 Å². The molecule has 1 saturated carbocycles. The largest absolute Gasteiger partial charge is 0.482 e. The van der Waals surface area contributed by atoms with Gasteiger partial charge in [-0.15, -0.1) is 0 Å². The molecule has 1 fully saturated rings. The standard InChI is InChI=1S/C12H15NO5S/c14-12(15)8-18-10-3-5-11(6-4-10)19(16,17)13-7-9-1-2-9/h3-6,9,13H,1-2,7-8H2,(H,14,15). The van der Waals surface area contributed by atoms with E-state index in [0.29, 0.717) is 18.2 Å². The summed E-state index contributed by atoms with van der Waals surface area (Å²) in [6, 6.07) is 5.67. The van der Waals surface area contributed by atoms with Crippen LogP contribution in [0.4, 0.5) is 0 Å². The molecule has 0 spiro atoms. The van der Waals surface area contributed by atoms with E-state index < -0.39 is 22.6 Å². The molecule has 0 amide bonds. The molecule has 1 aliphatic carbocycles. The first kappa shape index (κ1) is 13.8. The van der Waals surface area contributed by atoms with Gasteiger partial charge in [-0.3, -0.25) is 0 Å². The molecular weight excluding hydrogens is 270 g/mol. The Hall–Kier alpha value is -1.60. The number of hydrogen-bond acceptors (Lipinski definition) is 4. The van der Waals surface area contributed by atoms with Gasteiger partial charge in [0.15, 0.2) is 6.61 Å². The Bertz CT molecular complexity index is 548. The number of benzene rings is 1. The van der Waals surface area contributed by atoms with Gasteiger partial charge in [-0.1, -0.05) is 0 Å². The predicted molar refractivity (Wildman–Crippen MR) is 67.5 cm³/mol. The van der Waals surface area contributed by atoms with Crippen LogP contribution in [0.25, 0.3) is 0 Å². The number of carboxylic acids is 1. The maximum atomic E-state index is 11.9. The molecule has 0 aromatic heterocycles. The summed E-state index contributed by atoms with van der Waals surface area (Å²) in [5.74, 6) is -0.292. The van der Waals surface area contributed by atoms with E-state index in [1.807, 2.05) is 0 Å². The molecule has 1 aromatic rings. The van der Waals surface area contributed by atoms with Crippen LogP contribution in [-0.4, -0.2) is 32.6 Å². The van der Waals surface area contributed by atoms with Crippen LogP contribution < -0.4 is 9.46 Å². The van der Waals surface area contributed by atoms with E-state index in [0.717, 1.165) is 12.8 Å².